The Kier molecular flexibility index (Phi) is 2.20. The summed E-state index contributed by atoms with van der Waals surface area (Å²) in [5.41, 5.74) is 4.51. The van der Waals surface area contributed by atoms with E-state index in [9.17, 15) is 4.79 Å². The Bertz CT molecular complexity index is 632. The van der Waals surface area contributed by atoms with Crippen LogP contribution in [0.3, 0.4) is 0 Å². The second-order valence-corrected chi connectivity index (χ2v) is 4.47. The van der Waals surface area contributed by atoms with Gasteiger partial charge in [0, 0.05) is 6.42 Å². The monoisotopic (exact) mass is 244 g/mol. The van der Waals surface area contributed by atoms with Crippen LogP contribution in [0.15, 0.2) is 36.4 Å². The first-order valence-electron chi connectivity index (χ1n) is 5.31. The number of fused-ring (bicyclic) bond motifs is 3. The maximum atomic E-state index is 11.0. The lowest BCUT2D eigenvalue weighted by Crippen LogP contribution is -1.99. The van der Waals surface area contributed by atoms with Crippen LogP contribution in [0.5, 0.6) is 0 Å². The number of benzene rings is 2. The summed E-state index contributed by atoms with van der Waals surface area (Å²) >= 11 is 6.16. The van der Waals surface area contributed by atoms with Gasteiger partial charge in [0.05, 0.1) is 10.6 Å². The summed E-state index contributed by atoms with van der Waals surface area (Å²) in [5.74, 6) is -0.978. The van der Waals surface area contributed by atoms with Gasteiger partial charge in [0.2, 0.25) is 0 Å². The Morgan fingerprint density at radius 2 is 1.88 bits per heavy atom. The lowest BCUT2D eigenvalue weighted by molar-refractivity contribution is 0.0697. The highest BCUT2D eigenvalue weighted by Gasteiger charge is 2.23. The molecule has 1 aliphatic rings. The predicted molar refractivity (Wildman–Crippen MR) is 66.7 cm³/mol. The standard InChI is InChI=1S/C14H9ClO2/c15-13-11(14(16)17)6-5-10-9-4-2-1-3-8(9)7-12(10)13/h1-6H,7H2,(H,16,17). The van der Waals surface area contributed by atoms with E-state index >= 15 is 0 Å². The minimum atomic E-state index is -0.978. The van der Waals surface area contributed by atoms with Crippen molar-refractivity contribution in [2.75, 3.05) is 0 Å². The number of rotatable bonds is 1. The molecule has 0 atom stereocenters. The lowest BCUT2D eigenvalue weighted by Gasteiger charge is -2.05. The first kappa shape index (κ1) is 10.4. The van der Waals surface area contributed by atoms with E-state index in [4.69, 9.17) is 16.7 Å². The first-order valence-corrected chi connectivity index (χ1v) is 5.69. The topological polar surface area (TPSA) is 37.3 Å². The summed E-state index contributed by atoms with van der Waals surface area (Å²) in [7, 11) is 0. The van der Waals surface area contributed by atoms with Crippen LogP contribution < -0.4 is 0 Å². The van der Waals surface area contributed by atoms with Crippen molar-refractivity contribution >= 4 is 17.6 Å². The third-order valence-electron chi connectivity index (χ3n) is 3.15. The minimum absolute atomic E-state index is 0.179. The number of halogens is 1. The third-order valence-corrected chi connectivity index (χ3v) is 3.58. The van der Waals surface area contributed by atoms with Crippen LogP contribution >= 0.6 is 11.6 Å². The highest BCUT2D eigenvalue weighted by Crippen LogP contribution is 2.41. The minimum Gasteiger partial charge on any atom is -0.478 e. The van der Waals surface area contributed by atoms with Crippen molar-refractivity contribution in [2.45, 2.75) is 6.42 Å². The Hall–Kier alpha value is -1.80. The van der Waals surface area contributed by atoms with Crippen molar-refractivity contribution < 1.29 is 9.90 Å². The number of carboxylic acid groups (broad SMARTS) is 1. The van der Waals surface area contributed by atoms with Gasteiger partial charge in [-0.25, -0.2) is 4.79 Å². The predicted octanol–water partition coefficient (Wildman–Crippen LogP) is 3.61. The highest BCUT2D eigenvalue weighted by atomic mass is 35.5. The van der Waals surface area contributed by atoms with Gasteiger partial charge < -0.3 is 5.11 Å². The second-order valence-electron chi connectivity index (χ2n) is 4.09. The molecule has 2 nitrogen and oxygen atoms in total. The van der Waals surface area contributed by atoms with Crippen LogP contribution in [-0.2, 0) is 6.42 Å². The SMILES string of the molecule is O=C(O)c1ccc2c(c1Cl)Cc1ccccc1-2. The summed E-state index contributed by atoms with van der Waals surface area (Å²) < 4.78 is 0. The normalized spacial score (nSPS) is 12.1. The molecule has 2 aromatic carbocycles. The molecule has 2 aromatic rings. The Morgan fingerprint density at radius 3 is 2.65 bits per heavy atom. The molecule has 17 heavy (non-hydrogen) atoms. The first-order chi connectivity index (χ1) is 8.18. The van der Waals surface area contributed by atoms with Crippen molar-refractivity contribution in [2.24, 2.45) is 0 Å². The summed E-state index contributed by atoms with van der Waals surface area (Å²) in [6.07, 6.45) is 0.714. The van der Waals surface area contributed by atoms with Gasteiger partial charge >= 0.3 is 5.97 Å². The van der Waals surface area contributed by atoms with Gasteiger partial charge in [-0.15, -0.1) is 0 Å². The molecular formula is C14H9ClO2. The smallest absolute Gasteiger partial charge is 0.337 e. The Labute approximate surface area is 103 Å². The Balaban J connectivity index is 2.25. The third kappa shape index (κ3) is 1.45. The van der Waals surface area contributed by atoms with Crippen LogP contribution in [0.1, 0.15) is 21.5 Å². The zero-order chi connectivity index (χ0) is 12.0. The molecule has 0 amide bonds. The van der Waals surface area contributed by atoms with Gasteiger partial charge in [0.1, 0.15) is 0 Å². The van der Waals surface area contributed by atoms with Crippen molar-refractivity contribution in [1.82, 2.24) is 0 Å². The molecule has 84 valence electrons. The molecule has 0 aromatic heterocycles. The van der Waals surface area contributed by atoms with E-state index < -0.39 is 5.97 Å². The second kappa shape index (κ2) is 3.60. The fourth-order valence-corrected chi connectivity index (χ4v) is 2.65. The van der Waals surface area contributed by atoms with Gasteiger partial charge in [-0.3, -0.25) is 0 Å². The van der Waals surface area contributed by atoms with E-state index in [0.717, 1.165) is 16.7 Å². The molecule has 0 radical (unpaired) electrons. The van der Waals surface area contributed by atoms with Crippen LogP contribution in [0.4, 0.5) is 0 Å². The van der Waals surface area contributed by atoms with E-state index in [0.29, 0.717) is 11.4 Å². The van der Waals surface area contributed by atoms with Crippen LogP contribution in [0, 0.1) is 0 Å². The maximum absolute atomic E-state index is 11.0. The molecule has 0 bridgehead atoms. The van der Waals surface area contributed by atoms with E-state index in [1.54, 1.807) is 6.07 Å². The highest BCUT2D eigenvalue weighted by molar-refractivity contribution is 6.35. The zero-order valence-electron chi connectivity index (χ0n) is 8.90. The van der Waals surface area contributed by atoms with E-state index in [2.05, 4.69) is 0 Å². The zero-order valence-corrected chi connectivity index (χ0v) is 9.66. The molecular weight excluding hydrogens is 236 g/mol. The van der Waals surface area contributed by atoms with Crippen LogP contribution in [0.25, 0.3) is 11.1 Å². The van der Waals surface area contributed by atoms with Crippen LogP contribution in [0.2, 0.25) is 5.02 Å². The summed E-state index contributed by atoms with van der Waals surface area (Å²) in [5, 5.41) is 9.40. The Morgan fingerprint density at radius 1 is 1.12 bits per heavy atom. The number of hydrogen-bond acceptors (Lipinski definition) is 1. The summed E-state index contributed by atoms with van der Waals surface area (Å²) in [6.45, 7) is 0. The number of carboxylic acids is 1. The van der Waals surface area contributed by atoms with Crippen molar-refractivity contribution in [3.8, 4) is 11.1 Å². The van der Waals surface area contributed by atoms with Gasteiger partial charge in [0.15, 0.2) is 0 Å². The fraction of sp³-hybridized carbons (Fsp3) is 0.0714. The molecule has 0 spiro atoms. The van der Waals surface area contributed by atoms with Gasteiger partial charge in [-0.05, 0) is 28.3 Å². The van der Waals surface area contributed by atoms with Crippen LogP contribution in [-0.4, -0.2) is 11.1 Å². The quantitative estimate of drug-likeness (QED) is 0.710. The molecule has 0 heterocycles. The van der Waals surface area contributed by atoms with Crippen molar-refractivity contribution in [1.29, 1.82) is 0 Å². The molecule has 3 rings (SSSR count). The lowest BCUT2D eigenvalue weighted by atomic mass is 10.0. The molecule has 0 saturated carbocycles. The molecule has 0 saturated heterocycles. The van der Waals surface area contributed by atoms with E-state index in [1.807, 2.05) is 30.3 Å². The number of aromatic carboxylic acids is 1. The molecule has 0 fully saturated rings. The molecule has 1 N–H and O–H groups in total. The van der Waals surface area contributed by atoms with Gasteiger partial charge in [-0.1, -0.05) is 41.9 Å². The maximum Gasteiger partial charge on any atom is 0.337 e. The molecule has 3 heteroatoms. The van der Waals surface area contributed by atoms with Gasteiger partial charge in [0.25, 0.3) is 0 Å². The van der Waals surface area contributed by atoms with Crippen molar-refractivity contribution in [3.05, 3.63) is 58.1 Å². The summed E-state index contributed by atoms with van der Waals surface area (Å²) in [4.78, 5) is 11.0. The number of carbonyl (C=O) groups is 1. The van der Waals surface area contributed by atoms with Gasteiger partial charge in [-0.2, -0.15) is 0 Å². The van der Waals surface area contributed by atoms with Crippen molar-refractivity contribution in [3.63, 3.8) is 0 Å². The average Bonchev–Trinajstić information content (AvgIpc) is 2.69. The largest absolute Gasteiger partial charge is 0.478 e. The summed E-state index contributed by atoms with van der Waals surface area (Å²) in [6, 6.07) is 11.5. The van der Waals surface area contributed by atoms with E-state index in [-0.39, 0.29) is 5.56 Å². The molecule has 0 aliphatic heterocycles. The molecule has 0 unspecified atom stereocenters. The molecule has 1 aliphatic carbocycles. The van der Waals surface area contributed by atoms with E-state index in [1.165, 1.54) is 5.56 Å². The average molecular weight is 245 g/mol. The number of hydrogen-bond donors (Lipinski definition) is 1. The fourth-order valence-electron chi connectivity index (χ4n) is 2.34.